The molecule has 1 aromatic carbocycles. The van der Waals surface area contributed by atoms with E-state index < -0.39 is 5.97 Å². The van der Waals surface area contributed by atoms with Gasteiger partial charge in [-0.2, -0.15) is 0 Å². The van der Waals surface area contributed by atoms with Gasteiger partial charge in [0.1, 0.15) is 12.3 Å². The van der Waals surface area contributed by atoms with Crippen molar-refractivity contribution in [2.45, 2.75) is 19.3 Å². The molecule has 0 bridgehead atoms. The molecule has 2 rings (SSSR count). The average Bonchev–Trinajstić information content (AvgIpc) is 2.49. The number of rotatable bonds is 7. The zero-order chi connectivity index (χ0) is 16.8. The molecule has 0 saturated carbocycles. The van der Waals surface area contributed by atoms with E-state index in [0.717, 1.165) is 4.47 Å². The first-order chi connectivity index (χ1) is 11.0. The molecular weight excluding hydrogens is 368 g/mol. The molecule has 0 unspecified atom stereocenters. The van der Waals surface area contributed by atoms with Crippen LogP contribution in [-0.2, 0) is 14.4 Å². The first-order valence-corrected chi connectivity index (χ1v) is 7.98. The fourth-order valence-electron chi connectivity index (χ4n) is 2.18. The number of hydrogen-bond acceptors (Lipinski definition) is 4. The molecule has 0 atom stereocenters. The summed E-state index contributed by atoms with van der Waals surface area (Å²) in [6, 6.07) is 5.24. The highest BCUT2D eigenvalue weighted by Crippen LogP contribution is 2.34. The fraction of sp³-hybridized carbons (Fsp3) is 0.400. The van der Waals surface area contributed by atoms with E-state index >= 15 is 0 Å². The van der Waals surface area contributed by atoms with Gasteiger partial charge in [-0.25, -0.2) is 0 Å². The summed E-state index contributed by atoms with van der Waals surface area (Å²) in [7, 11) is 0. The van der Waals surface area contributed by atoms with Crippen LogP contribution in [0.25, 0.3) is 0 Å². The van der Waals surface area contributed by atoms with Crippen LogP contribution in [0.1, 0.15) is 19.3 Å². The van der Waals surface area contributed by atoms with E-state index in [4.69, 9.17) is 9.84 Å². The number of aliphatic carboxylic acids is 1. The summed E-state index contributed by atoms with van der Waals surface area (Å²) in [6.45, 7) is 0.197. The van der Waals surface area contributed by atoms with Gasteiger partial charge < -0.3 is 15.2 Å². The molecule has 0 aliphatic carbocycles. The number of carbonyl (C=O) groups is 3. The van der Waals surface area contributed by atoms with Gasteiger partial charge in [-0.1, -0.05) is 15.9 Å². The number of fused-ring (bicyclic) bond motifs is 1. The molecule has 2 N–H and O–H groups in total. The maximum atomic E-state index is 12.0. The summed E-state index contributed by atoms with van der Waals surface area (Å²) in [5.74, 6) is -0.864. The molecule has 1 aliphatic rings. The maximum absolute atomic E-state index is 12.0. The first-order valence-electron chi connectivity index (χ1n) is 7.18. The van der Waals surface area contributed by atoms with E-state index in [1.54, 1.807) is 18.2 Å². The van der Waals surface area contributed by atoms with Gasteiger partial charge in [0.25, 0.3) is 5.91 Å². The van der Waals surface area contributed by atoms with E-state index in [1.807, 2.05) is 0 Å². The Hall–Kier alpha value is -2.09. The smallest absolute Gasteiger partial charge is 0.303 e. The van der Waals surface area contributed by atoms with Crippen molar-refractivity contribution in [1.29, 1.82) is 0 Å². The lowest BCUT2D eigenvalue weighted by Gasteiger charge is -2.29. The normalized spacial score (nSPS) is 13.3. The van der Waals surface area contributed by atoms with E-state index in [1.165, 1.54) is 4.90 Å². The predicted molar refractivity (Wildman–Crippen MR) is 86.5 cm³/mol. The Labute approximate surface area is 141 Å². The van der Waals surface area contributed by atoms with Gasteiger partial charge in [0.2, 0.25) is 5.91 Å². The Morgan fingerprint density at radius 1 is 1.35 bits per heavy atom. The molecule has 0 aromatic heterocycles. The summed E-state index contributed by atoms with van der Waals surface area (Å²) in [5, 5.41) is 11.2. The van der Waals surface area contributed by atoms with Crippen molar-refractivity contribution in [3.8, 4) is 5.75 Å². The number of amides is 2. The minimum atomic E-state index is -0.849. The zero-order valence-corrected chi connectivity index (χ0v) is 14.0. The Kier molecular flexibility index (Phi) is 5.97. The van der Waals surface area contributed by atoms with Crippen molar-refractivity contribution in [2.24, 2.45) is 0 Å². The van der Waals surface area contributed by atoms with E-state index in [2.05, 4.69) is 21.2 Å². The quantitative estimate of drug-likeness (QED) is 0.695. The van der Waals surface area contributed by atoms with Gasteiger partial charge in [-0.05, 0) is 31.0 Å². The highest BCUT2D eigenvalue weighted by molar-refractivity contribution is 9.10. The largest absolute Gasteiger partial charge is 0.482 e. The Morgan fingerprint density at radius 2 is 2.13 bits per heavy atom. The van der Waals surface area contributed by atoms with Crippen molar-refractivity contribution in [1.82, 2.24) is 5.32 Å². The zero-order valence-electron chi connectivity index (χ0n) is 12.4. The molecule has 0 radical (unpaired) electrons. The van der Waals surface area contributed by atoms with Gasteiger partial charge >= 0.3 is 5.97 Å². The number of nitrogens with one attached hydrogen (secondary N) is 1. The highest BCUT2D eigenvalue weighted by atomic mass is 79.9. The van der Waals surface area contributed by atoms with Crippen LogP contribution in [0.3, 0.4) is 0 Å². The van der Waals surface area contributed by atoms with Crippen molar-refractivity contribution < 1.29 is 24.2 Å². The van der Waals surface area contributed by atoms with Crippen molar-refractivity contribution >= 4 is 39.4 Å². The summed E-state index contributed by atoms with van der Waals surface area (Å²) in [6.07, 6.45) is 1.17. The molecular formula is C15H17BrN2O5. The van der Waals surface area contributed by atoms with Gasteiger partial charge in [0.05, 0.1) is 5.69 Å². The van der Waals surface area contributed by atoms with Crippen LogP contribution in [0.15, 0.2) is 22.7 Å². The number of carbonyl (C=O) groups excluding carboxylic acids is 2. The van der Waals surface area contributed by atoms with Gasteiger partial charge in [0, 0.05) is 17.4 Å². The molecule has 1 aromatic rings. The SMILES string of the molecule is O=C(O)CCCCNC(=O)CN1C(=O)COc2cc(Br)ccc21. The fourth-order valence-corrected chi connectivity index (χ4v) is 2.52. The highest BCUT2D eigenvalue weighted by Gasteiger charge is 2.27. The summed E-state index contributed by atoms with van der Waals surface area (Å²) < 4.78 is 6.18. The number of ether oxygens (including phenoxy) is 1. The van der Waals surface area contributed by atoms with Crippen LogP contribution >= 0.6 is 15.9 Å². The number of anilines is 1. The van der Waals surface area contributed by atoms with Gasteiger partial charge in [-0.15, -0.1) is 0 Å². The topological polar surface area (TPSA) is 95.9 Å². The molecule has 0 fully saturated rings. The Balaban J connectivity index is 1.88. The van der Waals surface area contributed by atoms with Crippen LogP contribution < -0.4 is 15.0 Å². The third-order valence-electron chi connectivity index (χ3n) is 3.31. The lowest BCUT2D eigenvalue weighted by Crippen LogP contribution is -2.45. The summed E-state index contributed by atoms with van der Waals surface area (Å²) in [4.78, 5) is 35.7. The van der Waals surface area contributed by atoms with Crippen LogP contribution in [0.2, 0.25) is 0 Å². The lowest BCUT2D eigenvalue weighted by atomic mass is 10.2. The summed E-state index contributed by atoms with van der Waals surface area (Å²) in [5.41, 5.74) is 0.561. The molecule has 1 heterocycles. The second kappa shape index (κ2) is 7.96. The van der Waals surface area contributed by atoms with Crippen LogP contribution in [-0.4, -0.2) is 42.6 Å². The minimum Gasteiger partial charge on any atom is -0.482 e. The van der Waals surface area contributed by atoms with Crippen LogP contribution in [0.5, 0.6) is 5.75 Å². The number of unbranched alkanes of at least 4 members (excludes halogenated alkanes) is 1. The van der Waals surface area contributed by atoms with E-state index in [9.17, 15) is 14.4 Å². The Morgan fingerprint density at radius 3 is 2.87 bits per heavy atom. The number of nitrogens with zero attached hydrogens (tertiary/aromatic N) is 1. The van der Waals surface area contributed by atoms with Gasteiger partial charge in [-0.3, -0.25) is 19.3 Å². The number of halogens is 1. The molecule has 124 valence electrons. The molecule has 8 heteroatoms. The molecule has 23 heavy (non-hydrogen) atoms. The van der Waals surface area contributed by atoms with E-state index in [0.29, 0.717) is 30.8 Å². The van der Waals surface area contributed by atoms with Crippen molar-refractivity contribution in [3.05, 3.63) is 22.7 Å². The number of benzene rings is 1. The average molecular weight is 385 g/mol. The molecule has 7 nitrogen and oxygen atoms in total. The van der Waals surface area contributed by atoms with Crippen LogP contribution in [0, 0.1) is 0 Å². The lowest BCUT2D eigenvalue weighted by molar-refractivity contribution is -0.137. The second-order valence-electron chi connectivity index (χ2n) is 5.08. The number of hydrogen-bond donors (Lipinski definition) is 2. The minimum absolute atomic E-state index is 0.0834. The molecule has 0 saturated heterocycles. The standard InChI is InChI=1S/C15H17BrN2O5/c16-10-4-5-11-12(7-10)23-9-14(20)18(11)8-13(19)17-6-2-1-3-15(21)22/h4-5,7H,1-3,6,8-9H2,(H,17,19)(H,21,22). The van der Waals surface area contributed by atoms with Gasteiger partial charge in [0.15, 0.2) is 6.61 Å². The van der Waals surface area contributed by atoms with Crippen molar-refractivity contribution in [3.63, 3.8) is 0 Å². The maximum Gasteiger partial charge on any atom is 0.303 e. The van der Waals surface area contributed by atoms with Crippen molar-refractivity contribution in [2.75, 3.05) is 24.6 Å². The third kappa shape index (κ3) is 4.95. The second-order valence-corrected chi connectivity index (χ2v) is 6.00. The third-order valence-corrected chi connectivity index (χ3v) is 3.80. The predicted octanol–water partition coefficient (Wildman–Crippen LogP) is 1.55. The Bertz CT molecular complexity index is 620. The molecule has 0 spiro atoms. The number of carboxylic acid groups (broad SMARTS) is 1. The molecule has 2 amide bonds. The van der Waals surface area contributed by atoms with Crippen LogP contribution in [0.4, 0.5) is 5.69 Å². The number of carboxylic acids is 1. The monoisotopic (exact) mass is 384 g/mol. The summed E-state index contributed by atoms with van der Waals surface area (Å²) >= 11 is 3.33. The molecule has 1 aliphatic heterocycles. The van der Waals surface area contributed by atoms with E-state index in [-0.39, 0.29) is 31.4 Å². The first kappa shape index (κ1) is 17.3.